The molecule has 0 N–H and O–H groups in total. The van der Waals surface area contributed by atoms with Crippen LogP contribution in [0.5, 0.6) is 0 Å². The zero-order valence-corrected chi connectivity index (χ0v) is 15.1. The van der Waals surface area contributed by atoms with Crippen molar-refractivity contribution in [1.29, 1.82) is 5.26 Å². The molecule has 3 heterocycles. The molecule has 2 aliphatic heterocycles. The van der Waals surface area contributed by atoms with Crippen molar-refractivity contribution in [2.45, 2.75) is 53.0 Å². The molecule has 3 rings (SSSR count). The van der Waals surface area contributed by atoms with Crippen molar-refractivity contribution in [2.75, 3.05) is 24.5 Å². The van der Waals surface area contributed by atoms with Crippen LogP contribution in [0.2, 0.25) is 0 Å². The van der Waals surface area contributed by atoms with Gasteiger partial charge in [0.1, 0.15) is 11.9 Å². The molecule has 1 amide bonds. The van der Waals surface area contributed by atoms with Crippen LogP contribution in [0.4, 0.5) is 5.82 Å². The average molecular weight is 326 g/mol. The molecule has 5 heteroatoms. The van der Waals surface area contributed by atoms with Gasteiger partial charge in [0.15, 0.2) is 0 Å². The fourth-order valence-electron chi connectivity index (χ4n) is 4.04. The third-order valence-electron chi connectivity index (χ3n) is 5.61. The van der Waals surface area contributed by atoms with Crippen molar-refractivity contribution in [3.8, 4) is 6.07 Å². The molecule has 1 atom stereocenters. The van der Waals surface area contributed by atoms with Gasteiger partial charge in [-0.15, -0.1) is 0 Å². The Hall–Kier alpha value is -2.09. The van der Waals surface area contributed by atoms with Crippen LogP contribution in [0.1, 0.15) is 49.9 Å². The number of hydrogen-bond acceptors (Lipinski definition) is 4. The lowest BCUT2D eigenvalue weighted by Gasteiger charge is -2.41. The molecular formula is C19H26N4O. The van der Waals surface area contributed by atoms with Crippen LogP contribution >= 0.6 is 0 Å². The molecule has 5 nitrogen and oxygen atoms in total. The van der Waals surface area contributed by atoms with Crippen molar-refractivity contribution in [3.05, 3.63) is 22.9 Å². The van der Waals surface area contributed by atoms with Gasteiger partial charge in [-0.2, -0.15) is 5.26 Å². The highest BCUT2D eigenvalue weighted by molar-refractivity contribution is 5.85. The number of pyridine rings is 1. The van der Waals surface area contributed by atoms with E-state index in [4.69, 9.17) is 0 Å². The number of aromatic nitrogens is 1. The predicted octanol–water partition coefficient (Wildman–Crippen LogP) is 2.80. The summed E-state index contributed by atoms with van der Waals surface area (Å²) in [6.07, 6.45) is 2.86. The van der Waals surface area contributed by atoms with Gasteiger partial charge in [0.05, 0.1) is 11.0 Å². The van der Waals surface area contributed by atoms with Crippen LogP contribution in [0.25, 0.3) is 0 Å². The minimum atomic E-state index is -0.296. The zero-order valence-electron chi connectivity index (χ0n) is 15.1. The molecule has 0 aromatic carbocycles. The molecule has 2 aliphatic rings. The maximum Gasteiger partial charge on any atom is 0.230 e. The second-order valence-corrected chi connectivity index (χ2v) is 7.52. The van der Waals surface area contributed by atoms with Gasteiger partial charge < -0.3 is 9.80 Å². The first-order chi connectivity index (χ1) is 11.4. The fourth-order valence-corrected chi connectivity index (χ4v) is 4.04. The molecule has 0 radical (unpaired) electrons. The van der Waals surface area contributed by atoms with Gasteiger partial charge in [0.2, 0.25) is 5.91 Å². The second kappa shape index (κ2) is 6.08. The summed E-state index contributed by atoms with van der Waals surface area (Å²) in [5, 5.41) is 9.47. The molecule has 0 saturated carbocycles. The molecular weight excluding hydrogens is 300 g/mol. The van der Waals surface area contributed by atoms with Gasteiger partial charge in [-0.1, -0.05) is 0 Å². The number of aryl methyl sites for hydroxylation is 2. The topological polar surface area (TPSA) is 60.2 Å². The summed E-state index contributed by atoms with van der Waals surface area (Å²) in [4.78, 5) is 21.9. The minimum Gasteiger partial charge on any atom is -0.354 e. The first-order valence-electron chi connectivity index (χ1n) is 8.82. The van der Waals surface area contributed by atoms with Crippen molar-refractivity contribution in [2.24, 2.45) is 5.41 Å². The van der Waals surface area contributed by atoms with Crippen LogP contribution in [0.3, 0.4) is 0 Å². The molecule has 128 valence electrons. The quantitative estimate of drug-likeness (QED) is 0.838. The van der Waals surface area contributed by atoms with Gasteiger partial charge in [-0.3, -0.25) is 4.79 Å². The maximum atomic E-state index is 13.1. The number of nitriles is 1. The maximum absolute atomic E-state index is 13.1. The highest BCUT2D eigenvalue weighted by Gasteiger charge is 2.49. The van der Waals surface area contributed by atoms with E-state index < -0.39 is 0 Å². The van der Waals surface area contributed by atoms with Crippen molar-refractivity contribution in [1.82, 2.24) is 9.88 Å². The van der Waals surface area contributed by atoms with E-state index in [-0.39, 0.29) is 17.4 Å². The van der Waals surface area contributed by atoms with Crippen LogP contribution in [-0.4, -0.2) is 41.5 Å². The Balaban J connectivity index is 1.90. The number of amides is 1. The van der Waals surface area contributed by atoms with Crippen molar-refractivity contribution < 1.29 is 4.79 Å². The lowest BCUT2D eigenvalue weighted by molar-refractivity contribution is -0.147. The van der Waals surface area contributed by atoms with E-state index in [0.717, 1.165) is 49.4 Å². The lowest BCUT2D eigenvalue weighted by atomic mass is 9.78. The molecule has 24 heavy (non-hydrogen) atoms. The first kappa shape index (κ1) is 16.8. The molecule has 0 bridgehead atoms. The molecule has 2 saturated heterocycles. The summed E-state index contributed by atoms with van der Waals surface area (Å²) < 4.78 is 0. The second-order valence-electron chi connectivity index (χ2n) is 7.52. The number of hydrogen-bond donors (Lipinski definition) is 0. The van der Waals surface area contributed by atoms with E-state index in [2.05, 4.69) is 29.8 Å². The third-order valence-corrected chi connectivity index (χ3v) is 5.61. The summed E-state index contributed by atoms with van der Waals surface area (Å²) in [6, 6.07) is 4.43. The summed E-state index contributed by atoms with van der Waals surface area (Å²) in [6.45, 7) is 10.5. The Bertz CT molecular complexity index is 706. The highest BCUT2D eigenvalue weighted by atomic mass is 16.2. The predicted molar refractivity (Wildman–Crippen MR) is 93.8 cm³/mol. The molecule has 2 fully saturated rings. The summed E-state index contributed by atoms with van der Waals surface area (Å²) in [7, 11) is 0. The average Bonchev–Trinajstić information content (AvgIpc) is 2.97. The fraction of sp³-hybridized carbons (Fsp3) is 0.632. The van der Waals surface area contributed by atoms with Gasteiger partial charge in [-0.25, -0.2) is 4.98 Å². The van der Waals surface area contributed by atoms with Crippen LogP contribution in [0.15, 0.2) is 6.07 Å². The normalized spacial score (nSPS) is 24.1. The summed E-state index contributed by atoms with van der Waals surface area (Å²) in [5.41, 5.74) is 2.29. The van der Waals surface area contributed by atoms with E-state index in [1.165, 1.54) is 0 Å². The molecule has 0 aliphatic carbocycles. The summed E-state index contributed by atoms with van der Waals surface area (Å²) in [5.74, 6) is 1.03. The Labute approximate surface area is 144 Å². The van der Waals surface area contributed by atoms with Crippen molar-refractivity contribution in [3.63, 3.8) is 0 Å². The standard InChI is InChI=1S/C19H26N4O/c1-13(2)23-8-5-6-19(18(23)24)7-9-22(12-19)17-16(11-20)10-14(3)15(4)21-17/h10,13H,5-9,12H2,1-4H3/t19-/m0/s1. The number of carbonyl (C=O) groups excluding carboxylic acids is 1. The van der Waals surface area contributed by atoms with Crippen LogP contribution in [-0.2, 0) is 4.79 Å². The summed E-state index contributed by atoms with van der Waals surface area (Å²) >= 11 is 0. The monoisotopic (exact) mass is 326 g/mol. The first-order valence-corrected chi connectivity index (χ1v) is 8.82. The van der Waals surface area contributed by atoms with Gasteiger partial charge in [-0.05, 0) is 58.6 Å². The Kier molecular flexibility index (Phi) is 4.25. The highest BCUT2D eigenvalue weighted by Crippen LogP contribution is 2.42. The van der Waals surface area contributed by atoms with Gasteiger partial charge in [0.25, 0.3) is 0 Å². The van der Waals surface area contributed by atoms with E-state index in [9.17, 15) is 10.1 Å². The van der Waals surface area contributed by atoms with E-state index in [1.54, 1.807) is 0 Å². The Morgan fingerprint density at radius 2 is 2.04 bits per heavy atom. The number of carbonyl (C=O) groups is 1. The number of piperidine rings is 1. The zero-order chi connectivity index (χ0) is 17.5. The lowest BCUT2D eigenvalue weighted by Crippen LogP contribution is -2.52. The van der Waals surface area contributed by atoms with Crippen LogP contribution < -0.4 is 4.90 Å². The smallest absolute Gasteiger partial charge is 0.230 e. The Morgan fingerprint density at radius 1 is 1.29 bits per heavy atom. The minimum absolute atomic E-state index is 0.248. The number of rotatable bonds is 2. The number of anilines is 1. The van der Waals surface area contributed by atoms with Crippen LogP contribution in [0, 0.1) is 30.6 Å². The molecule has 1 aromatic heterocycles. The number of likely N-dealkylation sites (tertiary alicyclic amines) is 1. The van der Waals surface area contributed by atoms with Gasteiger partial charge >= 0.3 is 0 Å². The molecule has 1 aromatic rings. The van der Waals surface area contributed by atoms with E-state index >= 15 is 0 Å². The van der Waals surface area contributed by atoms with Gasteiger partial charge in [0, 0.05) is 31.4 Å². The molecule has 0 unspecified atom stereocenters. The van der Waals surface area contributed by atoms with E-state index in [0.29, 0.717) is 12.1 Å². The molecule has 1 spiro atoms. The SMILES string of the molecule is Cc1cc(C#N)c(N2CC[C@@]3(CCCN(C(C)C)C3=O)C2)nc1C. The largest absolute Gasteiger partial charge is 0.354 e. The number of nitrogens with zero attached hydrogens (tertiary/aromatic N) is 4. The Morgan fingerprint density at radius 3 is 2.71 bits per heavy atom. The van der Waals surface area contributed by atoms with E-state index in [1.807, 2.05) is 24.8 Å². The third kappa shape index (κ3) is 2.64. The van der Waals surface area contributed by atoms with Crippen molar-refractivity contribution >= 4 is 11.7 Å².